The van der Waals surface area contributed by atoms with Gasteiger partial charge in [0.2, 0.25) is 0 Å². The molecule has 0 saturated carbocycles. The van der Waals surface area contributed by atoms with E-state index in [1.165, 1.54) is 12.1 Å². The number of rotatable bonds is 3. The van der Waals surface area contributed by atoms with Crippen LogP contribution in [0, 0.1) is 5.82 Å². The van der Waals surface area contributed by atoms with Crippen LogP contribution >= 0.6 is 0 Å². The summed E-state index contributed by atoms with van der Waals surface area (Å²) in [6.07, 6.45) is 0.338. The van der Waals surface area contributed by atoms with E-state index in [9.17, 15) is 9.18 Å². The Morgan fingerprint density at radius 1 is 1.24 bits per heavy atom. The molecule has 0 aromatic heterocycles. The van der Waals surface area contributed by atoms with Gasteiger partial charge in [-0.3, -0.25) is 4.99 Å². The lowest BCUT2D eigenvalue weighted by atomic mass is 10.1. The second-order valence-corrected chi connectivity index (χ2v) is 7.07. The highest BCUT2D eigenvalue weighted by Crippen LogP contribution is 2.12. The fourth-order valence-corrected chi connectivity index (χ4v) is 2.54. The van der Waals surface area contributed by atoms with Gasteiger partial charge in [-0.2, -0.15) is 0 Å². The maximum Gasteiger partial charge on any atom is 0.410 e. The number of halogens is 1. The number of hydrogen-bond acceptors (Lipinski definition) is 3. The number of carbonyl (C=O) groups excluding carboxylic acids is 1. The summed E-state index contributed by atoms with van der Waals surface area (Å²) >= 11 is 0. The van der Waals surface area contributed by atoms with E-state index in [0.717, 1.165) is 5.56 Å². The zero-order chi connectivity index (χ0) is 18.4. The van der Waals surface area contributed by atoms with E-state index < -0.39 is 5.60 Å². The number of piperazine rings is 1. The molecule has 0 spiro atoms. The lowest BCUT2D eigenvalue weighted by molar-refractivity contribution is 0.0186. The predicted octanol–water partition coefficient (Wildman–Crippen LogP) is 2.24. The summed E-state index contributed by atoms with van der Waals surface area (Å²) in [5.74, 6) is 0.216. The maximum atomic E-state index is 13.1. The minimum atomic E-state index is -0.494. The van der Waals surface area contributed by atoms with Gasteiger partial charge in [-0.1, -0.05) is 12.1 Å². The molecule has 1 saturated heterocycles. The van der Waals surface area contributed by atoms with Crippen LogP contribution in [0.3, 0.4) is 0 Å². The zero-order valence-electron chi connectivity index (χ0n) is 15.2. The van der Waals surface area contributed by atoms with Crippen molar-refractivity contribution in [3.63, 3.8) is 0 Å². The minimum Gasteiger partial charge on any atom is -0.444 e. The molecule has 1 aromatic rings. The smallest absolute Gasteiger partial charge is 0.410 e. The second kappa shape index (κ2) is 8.18. The number of amides is 1. The molecule has 1 amide bonds. The Kier molecular flexibility index (Phi) is 6.22. The summed E-state index contributed by atoms with van der Waals surface area (Å²) in [6.45, 7) is 8.40. The van der Waals surface area contributed by atoms with Crippen molar-refractivity contribution in [2.75, 3.05) is 32.7 Å². The Labute approximate surface area is 148 Å². The second-order valence-electron chi connectivity index (χ2n) is 7.07. The Bertz CT molecular complexity index is 620. The van der Waals surface area contributed by atoms with Crippen LogP contribution in [0.25, 0.3) is 0 Å². The molecule has 0 bridgehead atoms. The van der Waals surface area contributed by atoms with E-state index in [1.54, 1.807) is 11.0 Å². The highest BCUT2D eigenvalue weighted by atomic mass is 19.1. The van der Waals surface area contributed by atoms with Crippen LogP contribution in [0.4, 0.5) is 9.18 Å². The summed E-state index contributed by atoms with van der Waals surface area (Å²) in [4.78, 5) is 20.0. The molecule has 1 heterocycles. The van der Waals surface area contributed by atoms with Gasteiger partial charge in [0.1, 0.15) is 11.4 Å². The molecule has 1 aromatic carbocycles. The van der Waals surface area contributed by atoms with Gasteiger partial charge in [-0.25, -0.2) is 9.18 Å². The third kappa shape index (κ3) is 6.25. The molecular formula is C18H27FN4O2. The fourth-order valence-electron chi connectivity index (χ4n) is 2.54. The number of benzene rings is 1. The Morgan fingerprint density at radius 3 is 2.48 bits per heavy atom. The molecule has 7 heteroatoms. The van der Waals surface area contributed by atoms with E-state index in [2.05, 4.69) is 4.99 Å². The first-order chi connectivity index (χ1) is 11.7. The number of nitrogens with two attached hydrogens (primary N) is 1. The predicted molar refractivity (Wildman–Crippen MR) is 96.0 cm³/mol. The molecule has 0 unspecified atom stereocenters. The molecule has 1 aliphatic heterocycles. The van der Waals surface area contributed by atoms with E-state index >= 15 is 0 Å². The van der Waals surface area contributed by atoms with Gasteiger partial charge in [-0.05, 0) is 44.9 Å². The van der Waals surface area contributed by atoms with Crippen LogP contribution in [-0.4, -0.2) is 60.2 Å². The molecule has 0 aliphatic carbocycles. The quantitative estimate of drug-likeness (QED) is 0.670. The summed E-state index contributed by atoms with van der Waals surface area (Å²) in [5.41, 5.74) is 6.43. The Morgan fingerprint density at radius 2 is 1.88 bits per heavy atom. The van der Waals surface area contributed by atoms with Gasteiger partial charge in [-0.15, -0.1) is 0 Å². The lowest BCUT2D eigenvalue weighted by Gasteiger charge is -2.36. The molecular weight excluding hydrogens is 323 g/mol. The van der Waals surface area contributed by atoms with Crippen molar-refractivity contribution in [2.45, 2.75) is 32.8 Å². The van der Waals surface area contributed by atoms with Crippen LogP contribution < -0.4 is 5.73 Å². The molecule has 2 rings (SSSR count). The average molecular weight is 350 g/mol. The monoisotopic (exact) mass is 350 g/mol. The molecule has 138 valence electrons. The van der Waals surface area contributed by atoms with E-state index in [0.29, 0.717) is 45.1 Å². The van der Waals surface area contributed by atoms with Crippen LogP contribution in [0.15, 0.2) is 29.3 Å². The fraction of sp³-hybridized carbons (Fsp3) is 0.556. The summed E-state index contributed by atoms with van der Waals surface area (Å²) < 4.78 is 18.5. The maximum absolute atomic E-state index is 13.1. The average Bonchev–Trinajstić information content (AvgIpc) is 2.53. The summed E-state index contributed by atoms with van der Waals surface area (Å²) in [7, 11) is 0. The molecule has 0 atom stereocenters. The topological polar surface area (TPSA) is 71.2 Å². The Balaban J connectivity index is 1.78. The van der Waals surface area contributed by atoms with Gasteiger partial charge in [0.15, 0.2) is 5.96 Å². The van der Waals surface area contributed by atoms with Gasteiger partial charge < -0.3 is 20.3 Å². The molecule has 1 aliphatic rings. The van der Waals surface area contributed by atoms with E-state index in [-0.39, 0.29) is 11.9 Å². The Hall–Kier alpha value is -2.31. The lowest BCUT2D eigenvalue weighted by Crippen LogP contribution is -2.53. The standard InChI is InChI=1S/C18H27FN4O2/c1-18(2,3)25-17(24)23-11-9-22(10-12-23)16(20)21-8-7-14-5-4-6-15(19)13-14/h4-6,13H,7-12H2,1-3H3,(H2,20,21). The van der Waals surface area contributed by atoms with Crippen molar-refractivity contribution >= 4 is 12.1 Å². The van der Waals surface area contributed by atoms with Crippen molar-refractivity contribution < 1.29 is 13.9 Å². The highest BCUT2D eigenvalue weighted by molar-refractivity contribution is 5.78. The summed E-state index contributed by atoms with van der Waals surface area (Å²) in [6, 6.07) is 6.48. The van der Waals surface area contributed by atoms with Crippen LogP contribution in [0.5, 0.6) is 0 Å². The SMILES string of the molecule is CC(C)(C)OC(=O)N1CCN(C(N)=NCCc2cccc(F)c2)CC1. The van der Waals surface area contributed by atoms with Crippen LogP contribution in [0.2, 0.25) is 0 Å². The van der Waals surface area contributed by atoms with Gasteiger partial charge >= 0.3 is 6.09 Å². The molecule has 6 nitrogen and oxygen atoms in total. The molecule has 1 fully saturated rings. The van der Waals surface area contributed by atoms with Crippen LogP contribution in [-0.2, 0) is 11.2 Å². The van der Waals surface area contributed by atoms with Crippen molar-refractivity contribution in [2.24, 2.45) is 10.7 Å². The number of nitrogens with zero attached hydrogens (tertiary/aromatic N) is 3. The molecule has 25 heavy (non-hydrogen) atoms. The molecule has 0 radical (unpaired) electrons. The number of guanidine groups is 1. The normalized spacial score (nSPS) is 16.1. The third-order valence-electron chi connectivity index (χ3n) is 3.82. The summed E-state index contributed by atoms with van der Waals surface area (Å²) in [5, 5.41) is 0. The first-order valence-electron chi connectivity index (χ1n) is 8.52. The van der Waals surface area contributed by atoms with Crippen molar-refractivity contribution in [1.29, 1.82) is 0 Å². The first-order valence-corrected chi connectivity index (χ1v) is 8.52. The van der Waals surface area contributed by atoms with E-state index in [4.69, 9.17) is 10.5 Å². The number of aliphatic imine (C=N–C) groups is 1. The van der Waals surface area contributed by atoms with E-state index in [1.807, 2.05) is 31.7 Å². The number of carbonyl (C=O) groups is 1. The van der Waals surface area contributed by atoms with Gasteiger partial charge in [0.05, 0.1) is 0 Å². The number of hydrogen-bond donors (Lipinski definition) is 1. The van der Waals surface area contributed by atoms with Gasteiger partial charge in [0, 0.05) is 32.7 Å². The highest BCUT2D eigenvalue weighted by Gasteiger charge is 2.26. The van der Waals surface area contributed by atoms with Gasteiger partial charge in [0.25, 0.3) is 0 Å². The largest absolute Gasteiger partial charge is 0.444 e. The first kappa shape index (κ1) is 19.0. The third-order valence-corrected chi connectivity index (χ3v) is 3.82. The van der Waals surface area contributed by atoms with Crippen molar-refractivity contribution in [1.82, 2.24) is 9.80 Å². The van der Waals surface area contributed by atoms with Crippen LogP contribution in [0.1, 0.15) is 26.3 Å². The number of ether oxygens (including phenoxy) is 1. The molecule has 2 N–H and O–H groups in total. The van der Waals surface area contributed by atoms with Crippen molar-refractivity contribution in [3.8, 4) is 0 Å². The minimum absolute atomic E-state index is 0.243. The van der Waals surface area contributed by atoms with Crippen molar-refractivity contribution in [3.05, 3.63) is 35.6 Å². The zero-order valence-corrected chi connectivity index (χ0v) is 15.2.